The summed E-state index contributed by atoms with van der Waals surface area (Å²) >= 11 is 3.46. The molecule has 0 unspecified atom stereocenters. The molecule has 0 atom stereocenters. The van der Waals surface area contributed by atoms with E-state index in [2.05, 4.69) is 31.5 Å². The first kappa shape index (κ1) is 18.5. The average Bonchev–Trinajstić information content (AvgIpc) is 3.03. The topological polar surface area (TPSA) is 72.5 Å². The number of rotatable bonds is 4. The number of benzene rings is 1. The van der Waals surface area contributed by atoms with Gasteiger partial charge in [0.2, 0.25) is 0 Å². The second kappa shape index (κ2) is 7.53. The molecule has 1 aromatic heterocycles. The summed E-state index contributed by atoms with van der Waals surface area (Å²) in [5.41, 5.74) is 2.27. The molecule has 0 aliphatic carbocycles. The fourth-order valence-corrected chi connectivity index (χ4v) is 3.13. The van der Waals surface area contributed by atoms with Gasteiger partial charge in [-0.2, -0.15) is 0 Å². The molecule has 1 aliphatic heterocycles. The number of fused-ring (bicyclic) bond motifs is 1. The Hall–Kier alpha value is -2.28. The zero-order valence-corrected chi connectivity index (χ0v) is 16.6. The lowest BCUT2D eigenvalue weighted by molar-refractivity contribution is 0.0636. The van der Waals surface area contributed by atoms with E-state index >= 15 is 0 Å². The second-order valence-electron chi connectivity index (χ2n) is 7.04. The molecule has 0 spiro atoms. The van der Waals surface area contributed by atoms with Crippen LogP contribution in [0.25, 0.3) is 0 Å². The monoisotopic (exact) mass is 419 g/mol. The van der Waals surface area contributed by atoms with Gasteiger partial charge < -0.3 is 14.8 Å². The average molecular weight is 420 g/mol. The maximum absolute atomic E-state index is 11.9. The Kier molecular flexibility index (Phi) is 5.36. The number of nitrogens with zero attached hydrogens (tertiary/aromatic N) is 1. The lowest BCUT2D eigenvalue weighted by Crippen LogP contribution is -2.27. The van der Waals surface area contributed by atoms with Crippen LogP contribution in [0.1, 0.15) is 31.9 Å². The van der Waals surface area contributed by atoms with Crippen LogP contribution in [0, 0.1) is 0 Å². The van der Waals surface area contributed by atoms with Crippen molar-refractivity contribution in [3.63, 3.8) is 0 Å². The van der Waals surface area contributed by atoms with Crippen LogP contribution in [0.5, 0.6) is 5.75 Å². The van der Waals surface area contributed by atoms with Crippen LogP contribution in [0.3, 0.4) is 0 Å². The number of aromatic nitrogens is 1. The normalized spacial score (nSPS) is 12.9. The van der Waals surface area contributed by atoms with Crippen molar-refractivity contribution in [3.05, 3.63) is 46.1 Å². The summed E-state index contributed by atoms with van der Waals surface area (Å²) in [6.45, 7) is 6.76. The van der Waals surface area contributed by atoms with Gasteiger partial charge in [-0.05, 0) is 54.4 Å². The van der Waals surface area contributed by atoms with E-state index < -0.39 is 11.7 Å². The van der Waals surface area contributed by atoms with E-state index in [9.17, 15) is 4.79 Å². The molecule has 2 N–H and O–H groups in total. The largest absolute Gasteiger partial charge is 0.492 e. The third-order valence-electron chi connectivity index (χ3n) is 3.71. The lowest BCUT2D eigenvalue weighted by Gasteiger charge is -2.19. The SMILES string of the molecule is CC(C)(C)OC(=O)Nc1cccc(CNc2ncc(Br)c3c2CCO3)c1. The highest BCUT2D eigenvalue weighted by Crippen LogP contribution is 2.36. The number of anilines is 2. The second-order valence-corrected chi connectivity index (χ2v) is 7.90. The molecular weight excluding hydrogens is 398 g/mol. The minimum atomic E-state index is -0.529. The van der Waals surface area contributed by atoms with Gasteiger partial charge in [0.05, 0.1) is 11.1 Å². The summed E-state index contributed by atoms with van der Waals surface area (Å²) in [7, 11) is 0. The number of carbonyl (C=O) groups is 1. The molecule has 1 amide bonds. The minimum Gasteiger partial charge on any atom is -0.492 e. The molecule has 0 radical (unpaired) electrons. The van der Waals surface area contributed by atoms with Crippen molar-refractivity contribution in [2.24, 2.45) is 0 Å². The Morgan fingerprint density at radius 2 is 2.19 bits per heavy atom. The Labute approximate surface area is 161 Å². The molecule has 138 valence electrons. The first-order valence-corrected chi connectivity index (χ1v) is 9.24. The summed E-state index contributed by atoms with van der Waals surface area (Å²) in [5, 5.41) is 6.11. The van der Waals surface area contributed by atoms with Crippen molar-refractivity contribution >= 4 is 33.5 Å². The highest BCUT2D eigenvalue weighted by Gasteiger charge is 2.20. The van der Waals surface area contributed by atoms with Gasteiger partial charge in [0.25, 0.3) is 0 Å². The summed E-state index contributed by atoms with van der Waals surface area (Å²) in [6.07, 6.45) is 2.12. The van der Waals surface area contributed by atoms with Crippen LogP contribution in [0.2, 0.25) is 0 Å². The predicted octanol–water partition coefficient (Wildman–Crippen LogP) is 4.74. The number of nitrogens with one attached hydrogen (secondary N) is 2. The molecule has 6 nitrogen and oxygen atoms in total. The Morgan fingerprint density at radius 3 is 2.96 bits per heavy atom. The van der Waals surface area contributed by atoms with E-state index in [0.717, 1.165) is 33.6 Å². The van der Waals surface area contributed by atoms with E-state index in [0.29, 0.717) is 18.8 Å². The van der Waals surface area contributed by atoms with E-state index in [1.165, 1.54) is 0 Å². The summed E-state index contributed by atoms with van der Waals surface area (Å²) in [5.74, 6) is 1.69. The molecule has 3 rings (SSSR count). The number of hydrogen-bond acceptors (Lipinski definition) is 5. The maximum Gasteiger partial charge on any atom is 0.412 e. The zero-order chi connectivity index (χ0) is 18.7. The summed E-state index contributed by atoms with van der Waals surface area (Å²) < 4.78 is 11.8. The fraction of sp³-hybridized carbons (Fsp3) is 0.368. The fourth-order valence-electron chi connectivity index (χ4n) is 2.67. The van der Waals surface area contributed by atoms with Gasteiger partial charge in [-0.3, -0.25) is 5.32 Å². The summed E-state index contributed by atoms with van der Waals surface area (Å²) in [4.78, 5) is 16.3. The Balaban J connectivity index is 1.65. The maximum atomic E-state index is 11.9. The number of hydrogen-bond donors (Lipinski definition) is 2. The minimum absolute atomic E-state index is 0.466. The van der Waals surface area contributed by atoms with E-state index in [-0.39, 0.29) is 0 Å². The number of pyridine rings is 1. The van der Waals surface area contributed by atoms with Gasteiger partial charge in [0, 0.05) is 30.4 Å². The van der Waals surface area contributed by atoms with E-state index in [1.807, 2.05) is 45.0 Å². The van der Waals surface area contributed by atoms with E-state index in [4.69, 9.17) is 9.47 Å². The van der Waals surface area contributed by atoms with Gasteiger partial charge in [-0.25, -0.2) is 9.78 Å². The number of carbonyl (C=O) groups excluding carboxylic acids is 1. The third kappa shape index (κ3) is 4.66. The quantitative estimate of drug-likeness (QED) is 0.748. The number of ether oxygens (including phenoxy) is 2. The van der Waals surface area contributed by atoms with Gasteiger partial charge in [-0.1, -0.05) is 12.1 Å². The molecular formula is C19H22BrN3O3. The van der Waals surface area contributed by atoms with Gasteiger partial charge in [-0.15, -0.1) is 0 Å². The molecule has 0 fully saturated rings. The van der Waals surface area contributed by atoms with Gasteiger partial charge >= 0.3 is 6.09 Å². The first-order chi connectivity index (χ1) is 12.3. The molecule has 26 heavy (non-hydrogen) atoms. The van der Waals surface area contributed by atoms with Crippen molar-refractivity contribution in [2.75, 3.05) is 17.2 Å². The van der Waals surface area contributed by atoms with Crippen molar-refractivity contribution in [1.29, 1.82) is 0 Å². The van der Waals surface area contributed by atoms with Crippen LogP contribution in [0.15, 0.2) is 34.9 Å². The predicted molar refractivity (Wildman–Crippen MR) is 105 cm³/mol. The van der Waals surface area contributed by atoms with E-state index in [1.54, 1.807) is 6.20 Å². The summed E-state index contributed by atoms with van der Waals surface area (Å²) in [6, 6.07) is 7.62. The molecule has 7 heteroatoms. The van der Waals surface area contributed by atoms with Crippen LogP contribution in [-0.4, -0.2) is 23.3 Å². The van der Waals surface area contributed by atoms with Crippen LogP contribution in [-0.2, 0) is 17.7 Å². The highest BCUT2D eigenvalue weighted by atomic mass is 79.9. The molecule has 0 saturated heterocycles. The molecule has 2 heterocycles. The smallest absolute Gasteiger partial charge is 0.412 e. The van der Waals surface area contributed by atoms with Crippen LogP contribution in [0.4, 0.5) is 16.3 Å². The number of amides is 1. The highest BCUT2D eigenvalue weighted by molar-refractivity contribution is 9.10. The van der Waals surface area contributed by atoms with Crippen LogP contribution >= 0.6 is 15.9 Å². The van der Waals surface area contributed by atoms with Crippen molar-refractivity contribution in [2.45, 2.75) is 39.3 Å². The first-order valence-electron chi connectivity index (χ1n) is 8.45. The standard InChI is InChI=1S/C19H22BrN3O3/c1-19(2,3)26-18(24)23-13-6-4-5-12(9-13)10-21-17-14-7-8-25-16(14)15(20)11-22-17/h4-6,9,11H,7-8,10H2,1-3H3,(H,21,22)(H,23,24). The Bertz CT molecular complexity index is 818. The van der Waals surface area contributed by atoms with Crippen molar-refractivity contribution in [3.8, 4) is 5.75 Å². The Morgan fingerprint density at radius 1 is 1.38 bits per heavy atom. The lowest BCUT2D eigenvalue weighted by atomic mass is 10.1. The number of halogens is 1. The third-order valence-corrected chi connectivity index (χ3v) is 4.28. The molecule has 0 saturated carbocycles. The molecule has 0 bridgehead atoms. The molecule has 1 aromatic carbocycles. The molecule has 1 aliphatic rings. The molecule has 2 aromatic rings. The zero-order valence-electron chi connectivity index (χ0n) is 15.1. The van der Waals surface area contributed by atoms with Gasteiger partial charge in [0.15, 0.2) is 0 Å². The van der Waals surface area contributed by atoms with Crippen molar-refractivity contribution < 1.29 is 14.3 Å². The van der Waals surface area contributed by atoms with Crippen LogP contribution < -0.4 is 15.4 Å². The van der Waals surface area contributed by atoms with Crippen molar-refractivity contribution in [1.82, 2.24) is 4.98 Å². The van der Waals surface area contributed by atoms with Gasteiger partial charge in [0.1, 0.15) is 17.2 Å².